The van der Waals surface area contributed by atoms with Crippen LogP contribution in [0.3, 0.4) is 0 Å². The number of amides is 1. The third-order valence-corrected chi connectivity index (χ3v) is 9.68. The fourth-order valence-corrected chi connectivity index (χ4v) is 7.82. The molecule has 35 heavy (non-hydrogen) atoms. The Bertz CT molecular complexity index is 1180. The summed E-state index contributed by atoms with van der Waals surface area (Å²) in [7, 11) is 1.85. The summed E-state index contributed by atoms with van der Waals surface area (Å²) in [4.78, 5) is 22.0. The highest BCUT2D eigenvalue weighted by Gasteiger charge is 2.73. The van der Waals surface area contributed by atoms with Gasteiger partial charge in [-0.15, -0.1) is 0 Å². The molecule has 5 aliphatic rings. The molecular weight excluding hydrogens is 442 g/mol. The molecule has 3 heterocycles. The van der Waals surface area contributed by atoms with Crippen LogP contribution in [0.2, 0.25) is 0 Å². The topological polar surface area (TPSA) is 86.1 Å². The average molecular weight is 476 g/mol. The summed E-state index contributed by atoms with van der Waals surface area (Å²) < 4.78 is 6.60. The number of nitrogens with zero attached hydrogens (tertiary/aromatic N) is 3. The fourth-order valence-electron chi connectivity index (χ4n) is 7.82. The number of carbonyl (C=O) groups excluding carboxylic acids is 1. The summed E-state index contributed by atoms with van der Waals surface area (Å²) >= 11 is 0. The Morgan fingerprint density at radius 2 is 2.09 bits per heavy atom. The second-order valence-electron chi connectivity index (χ2n) is 11.4. The maximum atomic E-state index is 13.3. The van der Waals surface area contributed by atoms with Gasteiger partial charge >= 0.3 is 0 Å². The number of phenols is 1. The van der Waals surface area contributed by atoms with Crippen molar-refractivity contribution in [1.29, 1.82) is 0 Å². The van der Waals surface area contributed by atoms with Crippen LogP contribution in [0.1, 0.15) is 48.9 Å². The second kappa shape index (κ2) is 7.43. The number of carbonyl (C=O) groups is 1. The van der Waals surface area contributed by atoms with E-state index in [0.717, 1.165) is 43.1 Å². The first kappa shape index (κ1) is 21.6. The summed E-state index contributed by atoms with van der Waals surface area (Å²) in [5.74, 6) is 1.41. The van der Waals surface area contributed by atoms with Gasteiger partial charge in [-0.2, -0.15) is 0 Å². The highest BCUT2D eigenvalue weighted by atomic mass is 16.5. The summed E-state index contributed by atoms with van der Waals surface area (Å²) in [6.07, 6.45) is 7.00. The molecule has 2 aliphatic heterocycles. The smallest absolute Gasteiger partial charge is 0.228 e. The van der Waals surface area contributed by atoms with E-state index in [2.05, 4.69) is 9.88 Å². The van der Waals surface area contributed by atoms with Crippen LogP contribution in [0.15, 0.2) is 36.5 Å². The van der Waals surface area contributed by atoms with Crippen LogP contribution in [0.5, 0.6) is 11.5 Å². The molecule has 1 amide bonds. The van der Waals surface area contributed by atoms with Crippen molar-refractivity contribution in [2.24, 2.45) is 5.92 Å². The Hall–Kier alpha value is -2.64. The molecule has 3 fully saturated rings. The first-order valence-corrected chi connectivity index (χ1v) is 13.1. The number of phenolic OH excluding ortho intramolecular Hbond substituents is 1. The number of pyridine rings is 1. The minimum atomic E-state index is -0.932. The van der Waals surface area contributed by atoms with Crippen LogP contribution in [-0.4, -0.2) is 74.8 Å². The van der Waals surface area contributed by atoms with Gasteiger partial charge < -0.3 is 19.8 Å². The minimum Gasteiger partial charge on any atom is -0.504 e. The number of aromatic nitrogens is 1. The second-order valence-corrected chi connectivity index (χ2v) is 11.4. The molecule has 2 bridgehead atoms. The zero-order valence-corrected chi connectivity index (χ0v) is 20.2. The number of likely N-dealkylation sites (tertiary alicyclic amines) is 1. The van der Waals surface area contributed by atoms with Crippen molar-refractivity contribution >= 4 is 5.91 Å². The van der Waals surface area contributed by atoms with Gasteiger partial charge in [0.05, 0.1) is 23.5 Å². The summed E-state index contributed by atoms with van der Waals surface area (Å²) in [5.41, 5.74) is 1.39. The van der Waals surface area contributed by atoms with Crippen LogP contribution < -0.4 is 4.74 Å². The maximum Gasteiger partial charge on any atom is 0.228 e. The first-order chi connectivity index (χ1) is 16.9. The monoisotopic (exact) mass is 475 g/mol. The Balaban J connectivity index is 1.28. The number of rotatable bonds is 5. The summed E-state index contributed by atoms with van der Waals surface area (Å²) in [6.45, 7) is 1.97. The quantitative estimate of drug-likeness (QED) is 0.691. The molecule has 5 atom stereocenters. The SMILES string of the molecule is CN(C(=O)Cc1ccccn1)[C@@H]1CC[C@@]2(O)[C@H]3Cc4ccc(O)c5c4[C@@]2(CCN3CC2CC2)[C@H]1O5. The van der Waals surface area contributed by atoms with Crippen molar-refractivity contribution in [3.63, 3.8) is 0 Å². The Kier molecular flexibility index (Phi) is 4.59. The predicted molar refractivity (Wildman–Crippen MR) is 129 cm³/mol. The standard InChI is InChI=1S/C28H33N3O4/c1-30(23(33)15-19-4-2-3-12-29-19)20-9-10-28(34)22-14-18-7-8-21(32)25-24(18)27(28,26(20)35-25)11-13-31(22)16-17-5-6-17/h2-4,7-8,12,17,20,22,26,32,34H,5-6,9-11,13-16H2,1H3/t20-,22-,26+,27+,28-/m1/s1. The number of likely N-dealkylation sites (N-methyl/N-ethyl adjacent to an activating group) is 1. The predicted octanol–water partition coefficient (Wildman–Crippen LogP) is 2.42. The van der Waals surface area contributed by atoms with E-state index in [0.29, 0.717) is 18.6 Å². The highest BCUT2D eigenvalue weighted by Crippen LogP contribution is 2.66. The Labute approximate surface area is 205 Å². The van der Waals surface area contributed by atoms with E-state index in [1.807, 2.05) is 36.2 Å². The van der Waals surface area contributed by atoms with Crippen molar-refractivity contribution in [3.05, 3.63) is 53.3 Å². The van der Waals surface area contributed by atoms with Gasteiger partial charge in [0.25, 0.3) is 0 Å². The lowest BCUT2D eigenvalue weighted by Crippen LogP contribution is -2.78. The van der Waals surface area contributed by atoms with E-state index in [-0.39, 0.29) is 36.3 Å². The molecule has 0 unspecified atom stereocenters. The average Bonchev–Trinajstić information content (AvgIpc) is 3.60. The molecule has 1 aromatic carbocycles. The lowest BCUT2D eigenvalue weighted by molar-refractivity contribution is -0.200. The summed E-state index contributed by atoms with van der Waals surface area (Å²) in [5, 5.41) is 23.4. The molecule has 3 aliphatic carbocycles. The van der Waals surface area contributed by atoms with Gasteiger partial charge in [0.2, 0.25) is 5.91 Å². The van der Waals surface area contributed by atoms with Crippen LogP contribution >= 0.6 is 0 Å². The summed E-state index contributed by atoms with van der Waals surface area (Å²) in [6, 6.07) is 9.24. The van der Waals surface area contributed by atoms with E-state index in [1.54, 1.807) is 12.3 Å². The zero-order chi connectivity index (χ0) is 23.9. The van der Waals surface area contributed by atoms with Gasteiger partial charge in [0, 0.05) is 37.1 Å². The number of aliphatic hydroxyl groups is 1. The van der Waals surface area contributed by atoms with Crippen molar-refractivity contribution in [1.82, 2.24) is 14.8 Å². The molecule has 7 nitrogen and oxygen atoms in total. The molecule has 7 rings (SSSR count). The third-order valence-electron chi connectivity index (χ3n) is 9.68. The van der Waals surface area contributed by atoms with E-state index in [9.17, 15) is 15.0 Å². The molecule has 1 saturated heterocycles. The van der Waals surface area contributed by atoms with E-state index in [4.69, 9.17) is 4.74 Å². The molecule has 0 radical (unpaired) electrons. The molecule has 1 aromatic heterocycles. The maximum absolute atomic E-state index is 13.3. The van der Waals surface area contributed by atoms with E-state index >= 15 is 0 Å². The molecule has 184 valence electrons. The molecule has 1 spiro atoms. The van der Waals surface area contributed by atoms with Crippen molar-refractivity contribution in [2.45, 2.75) is 74.1 Å². The van der Waals surface area contributed by atoms with E-state index in [1.165, 1.54) is 18.4 Å². The third kappa shape index (κ3) is 2.91. The molecule has 7 heteroatoms. The van der Waals surface area contributed by atoms with Gasteiger partial charge in [-0.05, 0) is 74.8 Å². The minimum absolute atomic E-state index is 0.00179. The highest BCUT2D eigenvalue weighted by molar-refractivity contribution is 5.78. The number of hydrogen-bond acceptors (Lipinski definition) is 6. The number of benzene rings is 1. The van der Waals surface area contributed by atoms with Gasteiger partial charge in [-0.25, -0.2) is 0 Å². The van der Waals surface area contributed by atoms with Crippen LogP contribution in [0.25, 0.3) is 0 Å². The van der Waals surface area contributed by atoms with Gasteiger partial charge in [0.15, 0.2) is 11.5 Å². The normalized spacial score (nSPS) is 34.7. The molecule has 2 saturated carbocycles. The number of ether oxygens (including phenoxy) is 1. The number of piperidine rings is 1. The lowest BCUT2D eigenvalue weighted by atomic mass is 9.48. The largest absolute Gasteiger partial charge is 0.504 e. The Morgan fingerprint density at radius 1 is 1.23 bits per heavy atom. The Morgan fingerprint density at radius 3 is 2.86 bits per heavy atom. The lowest BCUT2D eigenvalue weighted by Gasteiger charge is -2.64. The van der Waals surface area contributed by atoms with Gasteiger partial charge in [-0.1, -0.05) is 12.1 Å². The number of hydrogen-bond donors (Lipinski definition) is 2. The van der Waals surface area contributed by atoms with E-state index < -0.39 is 11.0 Å². The van der Waals surface area contributed by atoms with Crippen molar-refractivity contribution < 1.29 is 19.7 Å². The fraction of sp³-hybridized carbons (Fsp3) is 0.571. The van der Waals surface area contributed by atoms with Crippen LogP contribution in [-0.2, 0) is 23.1 Å². The van der Waals surface area contributed by atoms with Gasteiger partial charge in [0.1, 0.15) is 6.10 Å². The first-order valence-electron chi connectivity index (χ1n) is 13.1. The number of aromatic hydroxyl groups is 1. The zero-order valence-electron chi connectivity index (χ0n) is 20.2. The molecule has 2 aromatic rings. The molecular formula is C28H33N3O4. The van der Waals surface area contributed by atoms with Gasteiger partial charge in [-0.3, -0.25) is 14.7 Å². The molecule has 2 N–H and O–H groups in total. The van der Waals surface area contributed by atoms with Crippen molar-refractivity contribution in [2.75, 3.05) is 20.1 Å². The van der Waals surface area contributed by atoms with Crippen LogP contribution in [0.4, 0.5) is 0 Å². The van der Waals surface area contributed by atoms with Crippen molar-refractivity contribution in [3.8, 4) is 11.5 Å². The van der Waals surface area contributed by atoms with Crippen LogP contribution in [0, 0.1) is 5.92 Å².